The Balaban J connectivity index is 2.25. The van der Waals surface area contributed by atoms with Crippen molar-refractivity contribution in [3.05, 3.63) is 34.9 Å². The first-order valence-electron chi connectivity index (χ1n) is 5.67. The minimum atomic E-state index is -0.847. The normalized spacial score (nSPS) is 12.4. The summed E-state index contributed by atoms with van der Waals surface area (Å²) in [5.41, 5.74) is 1.04. The molecule has 1 rings (SSSR count). The Hall–Kier alpha value is -0.670. The first-order valence-corrected chi connectivity index (χ1v) is 7.53. The Bertz CT molecular complexity index is 387. The molecule has 17 heavy (non-hydrogen) atoms. The lowest BCUT2D eigenvalue weighted by Crippen LogP contribution is -2.02. The molecule has 0 aromatic heterocycles. The molecule has 0 amide bonds. The molecule has 1 unspecified atom stereocenters. The van der Waals surface area contributed by atoms with Gasteiger partial charge >= 0.3 is 0 Å². The van der Waals surface area contributed by atoms with Crippen LogP contribution in [0.15, 0.2) is 24.3 Å². The van der Waals surface area contributed by atoms with Crippen LogP contribution in [0.5, 0.6) is 0 Å². The van der Waals surface area contributed by atoms with Gasteiger partial charge in [-0.15, -0.1) is 0 Å². The second-order valence-corrected chi connectivity index (χ2v) is 6.09. The predicted octanol–water partition coefficient (Wildman–Crippen LogP) is 3.35. The average molecular weight is 273 g/mol. The second kappa shape index (κ2) is 7.62. The fraction of sp³-hybridized carbons (Fsp3) is 0.462. The number of benzene rings is 1. The maximum atomic E-state index is 11.7. The van der Waals surface area contributed by atoms with E-state index in [0.29, 0.717) is 22.9 Å². The average Bonchev–Trinajstić information content (AvgIpc) is 2.27. The van der Waals surface area contributed by atoms with E-state index < -0.39 is 10.8 Å². The fourth-order valence-electron chi connectivity index (χ4n) is 1.48. The van der Waals surface area contributed by atoms with E-state index in [-0.39, 0.29) is 5.78 Å². The number of hydrogen-bond donors (Lipinski definition) is 0. The lowest BCUT2D eigenvalue weighted by atomic mass is 10.2. The summed E-state index contributed by atoms with van der Waals surface area (Å²) in [4.78, 5) is 10.7. The Morgan fingerprint density at radius 3 is 2.47 bits per heavy atom. The largest absolute Gasteiger partial charge is 0.300 e. The Labute approximate surface area is 110 Å². The number of carbonyl (C=O) groups is 1. The van der Waals surface area contributed by atoms with Crippen molar-refractivity contribution < 1.29 is 9.00 Å². The van der Waals surface area contributed by atoms with Crippen LogP contribution in [-0.2, 0) is 21.3 Å². The second-order valence-electron chi connectivity index (χ2n) is 4.07. The molecule has 94 valence electrons. The molecule has 4 heteroatoms. The molecule has 0 saturated heterocycles. The third-order valence-corrected chi connectivity index (χ3v) is 4.04. The molecule has 0 N–H and O–H groups in total. The van der Waals surface area contributed by atoms with Gasteiger partial charge in [0, 0.05) is 33.7 Å². The van der Waals surface area contributed by atoms with Gasteiger partial charge in [0.25, 0.3) is 0 Å². The highest BCUT2D eigenvalue weighted by Crippen LogP contribution is 2.11. The van der Waals surface area contributed by atoms with Gasteiger partial charge in [-0.3, -0.25) is 4.21 Å². The zero-order chi connectivity index (χ0) is 12.7. The van der Waals surface area contributed by atoms with Gasteiger partial charge in [0.2, 0.25) is 0 Å². The van der Waals surface area contributed by atoms with Crippen molar-refractivity contribution in [2.24, 2.45) is 0 Å². The van der Waals surface area contributed by atoms with Crippen LogP contribution in [0, 0.1) is 0 Å². The highest BCUT2D eigenvalue weighted by Gasteiger charge is 2.02. The third-order valence-electron chi connectivity index (χ3n) is 2.39. The molecule has 1 aromatic carbocycles. The quantitative estimate of drug-likeness (QED) is 0.714. The van der Waals surface area contributed by atoms with E-state index in [1.807, 2.05) is 24.3 Å². The Kier molecular flexibility index (Phi) is 6.45. The van der Waals surface area contributed by atoms with Gasteiger partial charge in [-0.05, 0) is 37.5 Å². The van der Waals surface area contributed by atoms with Gasteiger partial charge < -0.3 is 4.79 Å². The van der Waals surface area contributed by atoms with Crippen LogP contribution in [0.1, 0.15) is 31.7 Å². The zero-order valence-corrected chi connectivity index (χ0v) is 11.5. The topological polar surface area (TPSA) is 34.1 Å². The van der Waals surface area contributed by atoms with E-state index in [1.165, 1.54) is 0 Å². The Morgan fingerprint density at radius 1 is 1.24 bits per heavy atom. The molecule has 2 nitrogen and oxygen atoms in total. The highest BCUT2D eigenvalue weighted by atomic mass is 35.5. The monoisotopic (exact) mass is 272 g/mol. The summed E-state index contributed by atoms with van der Waals surface area (Å²) in [6.07, 6.45) is 2.28. The van der Waals surface area contributed by atoms with Gasteiger partial charge in [0.15, 0.2) is 0 Å². The first-order chi connectivity index (χ1) is 8.08. The van der Waals surface area contributed by atoms with Crippen LogP contribution in [0.3, 0.4) is 0 Å². The predicted molar refractivity (Wildman–Crippen MR) is 72.7 cm³/mol. The lowest BCUT2D eigenvalue weighted by molar-refractivity contribution is -0.117. The van der Waals surface area contributed by atoms with Crippen molar-refractivity contribution in [2.75, 3.05) is 5.75 Å². The van der Waals surface area contributed by atoms with E-state index in [1.54, 1.807) is 6.92 Å². The molecule has 0 bridgehead atoms. The number of carbonyl (C=O) groups excluding carboxylic acids is 1. The fourth-order valence-corrected chi connectivity index (χ4v) is 2.84. The minimum absolute atomic E-state index is 0.202. The first kappa shape index (κ1) is 14.4. The molecule has 0 saturated carbocycles. The smallest absolute Gasteiger partial charge is 0.129 e. The van der Waals surface area contributed by atoms with Gasteiger partial charge in [-0.1, -0.05) is 23.7 Å². The van der Waals surface area contributed by atoms with Crippen molar-refractivity contribution in [2.45, 2.75) is 31.9 Å². The van der Waals surface area contributed by atoms with E-state index in [4.69, 9.17) is 11.6 Å². The molecule has 1 atom stereocenters. The number of hydrogen-bond acceptors (Lipinski definition) is 2. The van der Waals surface area contributed by atoms with E-state index in [0.717, 1.165) is 18.4 Å². The SMILES string of the molecule is CC(=O)CCCCS(=O)Cc1ccc(Cl)cc1. The summed E-state index contributed by atoms with van der Waals surface area (Å²) in [6.45, 7) is 1.59. The molecule has 1 aromatic rings. The molecular formula is C13H17ClO2S. The number of rotatable bonds is 7. The van der Waals surface area contributed by atoms with Gasteiger partial charge in [-0.25, -0.2) is 0 Å². The number of Topliss-reactive ketones (excluding diaryl/α,β-unsaturated/α-hetero) is 1. The summed E-state index contributed by atoms with van der Waals surface area (Å²) >= 11 is 5.77. The van der Waals surface area contributed by atoms with Gasteiger partial charge in [-0.2, -0.15) is 0 Å². The maximum absolute atomic E-state index is 11.7. The molecule has 0 aliphatic heterocycles. The summed E-state index contributed by atoms with van der Waals surface area (Å²) in [6, 6.07) is 7.42. The van der Waals surface area contributed by atoms with Crippen LogP contribution in [0.4, 0.5) is 0 Å². The number of unbranched alkanes of at least 4 members (excludes halogenated alkanes) is 1. The van der Waals surface area contributed by atoms with Gasteiger partial charge in [0.05, 0.1) is 0 Å². The Morgan fingerprint density at radius 2 is 1.88 bits per heavy atom. The van der Waals surface area contributed by atoms with E-state index >= 15 is 0 Å². The van der Waals surface area contributed by atoms with E-state index in [9.17, 15) is 9.00 Å². The van der Waals surface area contributed by atoms with Crippen LogP contribution in [-0.4, -0.2) is 15.7 Å². The van der Waals surface area contributed by atoms with Crippen LogP contribution < -0.4 is 0 Å². The van der Waals surface area contributed by atoms with Crippen molar-refractivity contribution in [3.8, 4) is 0 Å². The number of ketones is 1. The van der Waals surface area contributed by atoms with Crippen molar-refractivity contribution >= 4 is 28.2 Å². The standard InChI is InChI=1S/C13H17ClO2S/c1-11(15)4-2-3-9-17(16)10-12-5-7-13(14)8-6-12/h5-8H,2-4,9-10H2,1H3. The van der Waals surface area contributed by atoms with Crippen LogP contribution in [0.2, 0.25) is 5.02 Å². The van der Waals surface area contributed by atoms with Crippen molar-refractivity contribution in [1.29, 1.82) is 0 Å². The molecule has 0 aliphatic carbocycles. The summed E-state index contributed by atoms with van der Waals surface area (Å²) in [5, 5.41) is 0.695. The molecule has 0 spiro atoms. The molecule has 0 fully saturated rings. The van der Waals surface area contributed by atoms with Crippen LogP contribution in [0.25, 0.3) is 0 Å². The maximum Gasteiger partial charge on any atom is 0.129 e. The molecular weight excluding hydrogens is 256 g/mol. The van der Waals surface area contributed by atoms with Crippen molar-refractivity contribution in [1.82, 2.24) is 0 Å². The molecule has 0 aliphatic rings. The summed E-state index contributed by atoms with van der Waals surface area (Å²) in [7, 11) is -0.847. The lowest BCUT2D eigenvalue weighted by Gasteiger charge is -2.02. The summed E-state index contributed by atoms with van der Waals surface area (Å²) < 4.78 is 11.7. The highest BCUT2D eigenvalue weighted by molar-refractivity contribution is 7.84. The molecule has 0 radical (unpaired) electrons. The minimum Gasteiger partial charge on any atom is -0.300 e. The summed E-state index contributed by atoms with van der Waals surface area (Å²) in [5.74, 6) is 1.43. The van der Waals surface area contributed by atoms with Crippen molar-refractivity contribution in [3.63, 3.8) is 0 Å². The zero-order valence-electron chi connectivity index (χ0n) is 9.95. The van der Waals surface area contributed by atoms with Crippen LogP contribution >= 0.6 is 11.6 Å². The molecule has 0 heterocycles. The van der Waals surface area contributed by atoms with E-state index in [2.05, 4.69) is 0 Å². The third kappa shape index (κ3) is 6.59. The number of halogens is 1. The van der Waals surface area contributed by atoms with Gasteiger partial charge in [0.1, 0.15) is 5.78 Å².